The SMILES string of the molecule is Cc1cn(-c2ccc(Br)cc2C#N)c(C)n1. The van der Waals surface area contributed by atoms with Crippen molar-refractivity contribution in [1.29, 1.82) is 5.26 Å². The van der Waals surface area contributed by atoms with Gasteiger partial charge in [-0.15, -0.1) is 0 Å². The molecule has 2 rings (SSSR count). The van der Waals surface area contributed by atoms with Gasteiger partial charge in [-0.1, -0.05) is 15.9 Å². The summed E-state index contributed by atoms with van der Waals surface area (Å²) in [6.07, 6.45) is 1.93. The van der Waals surface area contributed by atoms with Gasteiger partial charge in [-0.05, 0) is 32.0 Å². The van der Waals surface area contributed by atoms with Gasteiger partial charge in [0, 0.05) is 10.7 Å². The molecule has 1 heterocycles. The molecule has 0 aliphatic rings. The molecule has 0 saturated heterocycles. The molecule has 0 aliphatic carbocycles. The molecule has 2 aromatic rings. The van der Waals surface area contributed by atoms with E-state index in [-0.39, 0.29) is 0 Å². The maximum Gasteiger partial charge on any atom is 0.110 e. The quantitative estimate of drug-likeness (QED) is 0.803. The Morgan fingerprint density at radius 2 is 2.12 bits per heavy atom. The lowest BCUT2D eigenvalue weighted by Gasteiger charge is -2.07. The summed E-state index contributed by atoms with van der Waals surface area (Å²) in [7, 11) is 0. The number of aryl methyl sites for hydroxylation is 2. The van der Waals surface area contributed by atoms with Gasteiger partial charge in [0.25, 0.3) is 0 Å². The van der Waals surface area contributed by atoms with E-state index in [0.29, 0.717) is 5.56 Å². The van der Waals surface area contributed by atoms with Crippen LogP contribution in [-0.2, 0) is 0 Å². The molecule has 0 aliphatic heterocycles. The Morgan fingerprint density at radius 1 is 1.38 bits per heavy atom. The molecule has 3 nitrogen and oxygen atoms in total. The van der Waals surface area contributed by atoms with Gasteiger partial charge < -0.3 is 4.57 Å². The topological polar surface area (TPSA) is 41.6 Å². The lowest BCUT2D eigenvalue weighted by molar-refractivity contribution is 0.970. The van der Waals surface area contributed by atoms with Crippen LogP contribution in [0.4, 0.5) is 0 Å². The second kappa shape index (κ2) is 4.11. The van der Waals surface area contributed by atoms with E-state index in [1.165, 1.54) is 0 Å². The molecule has 16 heavy (non-hydrogen) atoms. The third-order valence-corrected chi connectivity index (χ3v) is 2.83. The molecule has 0 fully saturated rings. The van der Waals surface area contributed by atoms with Gasteiger partial charge in [-0.25, -0.2) is 4.98 Å². The first kappa shape index (κ1) is 10.9. The minimum Gasteiger partial charge on any atom is -0.302 e. The first-order valence-corrected chi connectivity index (χ1v) is 5.63. The third-order valence-electron chi connectivity index (χ3n) is 2.34. The van der Waals surface area contributed by atoms with Crippen LogP contribution in [0.1, 0.15) is 17.1 Å². The summed E-state index contributed by atoms with van der Waals surface area (Å²) < 4.78 is 2.84. The lowest BCUT2D eigenvalue weighted by atomic mass is 10.2. The third kappa shape index (κ3) is 1.86. The Bertz CT molecular complexity index is 578. The molecular weight excluding hydrogens is 266 g/mol. The fourth-order valence-electron chi connectivity index (χ4n) is 1.67. The number of halogens is 1. The van der Waals surface area contributed by atoms with Crippen LogP contribution in [0, 0.1) is 25.2 Å². The smallest absolute Gasteiger partial charge is 0.110 e. The van der Waals surface area contributed by atoms with Crippen molar-refractivity contribution < 1.29 is 0 Å². The standard InChI is InChI=1S/C12H10BrN3/c1-8-7-16(9(2)15-8)12-4-3-11(13)5-10(12)6-14/h3-5,7H,1-2H3. The first-order chi connectivity index (χ1) is 7.61. The summed E-state index contributed by atoms with van der Waals surface area (Å²) in [4.78, 5) is 4.33. The maximum absolute atomic E-state index is 9.10. The van der Waals surface area contributed by atoms with E-state index in [9.17, 15) is 0 Å². The molecular formula is C12H10BrN3. The number of nitrogens with zero attached hydrogens (tertiary/aromatic N) is 3. The number of benzene rings is 1. The summed E-state index contributed by atoms with van der Waals surface area (Å²) in [5, 5.41) is 9.10. The van der Waals surface area contributed by atoms with Crippen molar-refractivity contribution >= 4 is 15.9 Å². The molecule has 0 atom stereocenters. The van der Waals surface area contributed by atoms with E-state index >= 15 is 0 Å². The zero-order valence-corrected chi connectivity index (χ0v) is 10.6. The van der Waals surface area contributed by atoms with Crippen LogP contribution in [0.25, 0.3) is 5.69 Å². The number of hydrogen-bond acceptors (Lipinski definition) is 2. The number of hydrogen-bond donors (Lipinski definition) is 0. The Balaban J connectivity index is 2.65. The molecule has 0 saturated carbocycles. The number of rotatable bonds is 1. The average Bonchev–Trinajstić information content (AvgIpc) is 2.57. The Hall–Kier alpha value is -1.60. The maximum atomic E-state index is 9.10. The summed E-state index contributed by atoms with van der Waals surface area (Å²) in [6.45, 7) is 3.87. The van der Waals surface area contributed by atoms with Gasteiger partial charge in [-0.3, -0.25) is 0 Å². The van der Waals surface area contributed by atoms with Crippen LogP contribution in [0.5, 0.6) is 0 Å². The fourth-order valence-corrected chi connectivity index (χ4v) is 2.03. The van der Waals surface area contributed by atoms with Crippen LogP contribution in [0.15, 0.2) is 28.9 Å². The van der Waals surface area contributed by atoms with E-state index in [1.807, 2.05) is 42.8 Å². The fraction of sp³-hybridized carbons (Fsp3) is 0.167. The van der Waals surface area contributed by atoms with Crippen LogP contribution in [0.2, 0.25) is 0 Å². The summed E-state index contributed by atoms with van der Waals surface area (Å²) in [6, 6.07) is 7.84. The number of aromatic nitrogens is 2. The monoisotopic (exact) mass is 275 g/mol. The Kier molecular flexibility index (Phi) is 2.80. The van der Waals surface area contributed by atoms with Gasteiger partial charge in [-0.2, -0.15) is 5.26 Å². The van der Waals surface area contributed by atoms with Crippen molar-refractivity contribution in [3.05, 3.63) is 46.0 Å². The van der Waals surface area contributed by atoms with Gasteiger partial charge in [0.15, 0.2) is 0 Å². The van der Waals surface area contributed by atoms with Crippen molar-refractivity contribution in [1.82, 2.24) is 9.55 Å². The number of nitriles is 1. The summed E-state index contributed by atoms with van der Waals surface area (Å²) >= 11 is 3.36. The largest absolute Gasteiger partial charge is 0.302 e. The highest BCUT2D eigenvalue weighted by molar-refractivity contribution is 9.10. The molecule has 0 amide bonds. The van der Waals surface area contributed by atoms with Crippen LogP contribution < -0.4 is 0 Å². The van der Waals surface area contributed by atoms with Crippen molar-refractivity contribution in [2.24, 2.45) is 0 Å². The van der Waals surface area contributed by atoms with Gasteiger partial charge in [0.1, 0.15) is 11.9 Å². The zero-order valence-electron chi connectivity index (χ0n) is 9.03. The van der Waals surface area contributed by atoms with Crippen molar-refractivity contribution in [2.45, 2.75) is 13.8 Å². The molecule has 4 heteroatoms. The highest BCUT2D eigenvalue weighted by Crippen LogP contribution is 2.21. The van der Waals surface area contributed by atoms with Gasteiger partial charge >= 0.3 is 0 Å². The highest BCUT2D eigenvalue weighted by atomic mass is 79.9. The predicted octanol–water partition coefficient (Wildman–Crippen LogP) is 3.12. The van der Waals surface area contributed by atoms with Crippen LogP contribution >= 0.6 is 15.9 Å². The Morgan fingerprint density at radius 3 is 2.69 bits per heavy atom. The second-order valence-corrected chi connectivity index (χ2v) is 4.49. The van der Waals surface area contributed by atoms with E-state index in [2.05, 4.69) is 27.0 Å². The minimum atomic E-state index is 0.634. The molecule has 0 spiro atoms. The minimum absolute atomic E-state index is 0.634. The van der Waals surface area contributed by atoms with Gasteiger partial charge in [0.2, 0.25) is 0 Å². The van der Waals surface area contributed by atoms with E-state index < -0.39 is 0 Å². The Labute approximate surface area is 102 Å². The molecule has 0 radical (unpaired) electrons. The first-order valence-electron chi connectivity index (χ1n) is 4.84. The molecule has 0 bridgehead atoms. The highest BCUT2D eigenvalue weighted by Gasteiger charge is 2.08. The zero-order chi connectivity index (χ0) is 11.7. The van der Waals surface area contributed by atoms with Crippen molar-refractivity contribution in [3.63, 3.8) is 0 Å². The molecule has 80 valence electrons. The summed E-state index contributed by atoms with van der Waals surface area (Å²) in [5.74, 6) is 0.885. The van der Waals surface area contributed by atoms with Crippen molar-refractivity contribution in [2.75, 3.05) is 0 Å². The van der Waals surface area contributed by atoms with Gasteiger partial charge in [0.05, 0.1) is 16.9 Å². The number of imidazole rings is 1. The van der Waals surface area contributed by atoms with E-state index in [4.69, 9.17) is 5.26 Å². The summed E-state index contributed by atoms with van der Waals surface area (Å²) in [5.41, 5.74) is 2.45. The van der Waals surface area contributed by atoms with Crippen molar-refractivity contribution in [3.8, 4) is 11.8 Å². The molecule has 0 N–H and O–H groups in total. The van der Waals surface area contributed by atoms with E-state index in [0.717, 1.165) is 21.7 Å². The average molecular weight is 276 g/mol. The molecule has 1 aromatic carbocycles. The normalized spacial score (nSPS) is 10.1. The lowest BCUT2D eigenvalue weighted by Crippen LogP contribution is -1.98. The second-order valence-electron chi connectivity index (χ2n) is 3.57. The van der Waals surface area contributed by atoms with Crippen LogP contribution in [0.3, 0.4) is 0 Å². The molecule has 0 unspecified atom stereocenters. The molecule has 1 aromatic heterocycles. The predicted molar refractivity (Wildman–Crippen MR) is 65.5 cm³/mol. The van der Waals surface area contributed by atoms with Crippen LogP contribution in [-0.4, -0.2) is 9.55 Å². The van der Waals surface area contributed by atoms with E-state index in [1.54, 1.807) is 0 Å².